The quantitative estimate of drug-likeness (QED) is 0.719. The second kappa shape index (κ2) is 6.84. The molecular formula is C17H21N5O2. The topological polar surface area (TPSA) is 78.0 Å². The number of hydrogen-bond acceptors (Lipinski definition) is 6. The van der Waals surface area contributed by atoms with Crippen LogP contribution in [0.1, 0.15) is 31.9 Å². The Morgan fingerprint density at radius 1 is 1.25 bits per heavy atom. The van der Waals surface area contributed by atoms with Gasteiger partial charge in [0.15, 0.2) is 5.82 Å². The molecule has 0 fully saturated rings. The monoisotopic (exact) mass is 327 g/mol. The number of tetrazole rings is 1. The first-order chi connectivity index (χ1) is 11.7. The van der Waals surface area contributed by atoms with Crippen molar-refractivity contribution in [2.24, 2.45) is 0 Å². The Kier molecular flexibility index (Phi) is 4.61. The highest BCUT2D eigenvalue weighted by molar-refractivity contribution is 5.37. The summed E-state index contributed by atoms with van der Waals surface area (Å²) in [5, 5.41) is 15.8. The van der Waals surface area contributed by atoms with Gasteiger partial charge in [0.25, 0.3) is 0 Å². The van der Waals surface area contributed by atoms with Crippen LogP contribution in [0.15, 0.2) is 47.1 Å². The van der Waals surface area contributed by atoms with Gasteiger partial charge >= 0.3 is 0 Å². The van der Waals surface area contributed by atoms with E-state index in [4.69, 9.17) is 9.15 Å². The molecule has 1 aromatic carbocycles. The molecule has 7 nitrogen and oxygen atoms in total. The maximum Gasteiger partial charge on any atom is 0.176 e. The Hall–Kier alpha value is -2.67. The van der Waals surface area contributed by atoms with Crippen LogP contribution >= 0.6 is 0 Å². The predicted octanol–water partition coefficient (Wildman–Crippen LogP) is 2.68. The number of nitrogens with one attached hydrogen (secondary N) is 1. The third-order valence-electron chi connectivity index (χ3n) is 4.22. The number of benzene rings is 1. The number of aromatic nitrogens is 4. The van der Waals surface area contributed by atoms with Crippen LogP contribution in [0.4, 0.5) is 0 Å². The lowest BCUT2D eigenvalue weighted by Crippen LogP contribution is -2.41. The molecular weight excluding hydrogens is 306 g/mol. The number of nitrogens with zero attached hydrogens (tertiary/aromatic N) is 4. The van der Waals surface area contributed by atoms with E-state index in [1.165, 1.54) is 0 Å². The van der Waals surface area contributed by atoms with Crippen molar-refractivity contribution >= 4 is 0 Å². The third kappa shape index (κ3) is 3.16. The SMILES string of the molecule is CCC(C)(NCc1ccco1)c1nnnn1-c1ccc(OC)cc1. The van der Waals surface area contributed by atoms with Gasteiger partial charge in [0.2, 0.25) is 0 Å². The van der Waals surface area contributed by atoms with Crippen LogP contribution in [0.3, 0.4) is 0 Å². The molecule has 0 aliphatic heterocycles. The van der Waals surface area contributed by atoms with E-state index in [9.17, 15) is 0 Å². The van der Waals surface area contributed by atoms with E-state index in [2.05, 4.69) is 34.7 Å². The molecule has 3 rings (SSSR count). The molecule has 1 atom stereocenters. The van der Waals surface area contributed by atoms with Gasteiger partial charge in [-0.05, 0) is 60.2 Å². The molecule has 24 heavy (non-hydrogen) atoms. The molecule has 3 aromatic rings. The minimum Gasteiger partial charge on any atom is -0.497 e. The average molecular weight is 327 g/mol. The Morgan fingerprint density at radius 2 is 2.04 bits per heavy atom. The number of furan rings is 1. The van der Waals surface area contributed by atoms with E-state index < -0.39 is 5.54 Å². The summed E-state index contributed by atoms with van der Waals surface area (Å²) in [5.41, 5.74) is 0.492. The predicted molar refractivity (Wildman–Crippen MR) is 88.9 cm³/mol. The standard InChI is InChI=1S/C17H21N5O2/c1-4-17(2,18-12-15-6-5-11-24-15)16-19-20-21-22(16)13-7-9-14(23-3)10-8-13/h5-11,18H,4,12H2,1-3H3. The van der Waals surface area contributed by atoms with Crippen molar-refractivity contribution in [2.45, 2.75) is 32.4 Å². The molecule has 0 bridgehead atoms. The fourth-order valence-corrected chi connectivity index (χ4v) is 2.49. The van der Waals surface area contributed by atoms with Crippen molar-refractivity contribution < 1.29 is 9.15 Å². The molecule has 1 unspecified atom stereocenters. The Bertz CT molecular complexity index is 767. The summed E-state index contributed by atoms with van der Waals surface area (Å²) >= 11 is 0. The van der Waals surface area contributed by atoms with Crippen LogP contribution in [0, 0.1) is 0 Å². The zero-order valence-electron chi connectivity index (χ0n) is 14.1. The highest BCUT2D eigenvalue weighted by Gasteiger charge is 2.31. The summed E-state index contributed by atoms with van der Waals surface area (Å²) in [6, 6.07) is 11.5. The Balaban J connectivity index is 1.87. The largest absolute Gasteiger partial charge is 0.497 e. The van der Waals surface area contributed by atoms with Gasteiger partial charge in [-0.3, -0.25) is 5.32 Å². The molecule has 0 amide bonds. The fourth-order valence-electron chi connectivity index (χ4n) is 2.49. The van der Waals surface area contributed by atoms with E-state index in [1.54, 1.807) is 18.1 Å². The first-order valence-electron chi connectivity index (χ1n) is 7.87. The molecule has 1 N–H and O–H groups in total. The van der Waals surface area contributed by atoms with Crippen LogP contribution in [-0.4, -0.2) is 27.3 Å². The molecule has 0 saturated carbocycles. The van der Waals surface area contributed by atoms with Crippen molar-refractivity contribution in [1.29, 1.82) is 0 Å². The lowest BCUT2D eigenvalue weighted by molar-refractivity contribution is 0.309. The van der Waals surface area contributed by atoms with E-state index in [1.807, 2.05) is 36.4 Å². The molecule has 0 radical (unpaired) electrons. The van der Waals surface area contributed by atoms with E-state index >= 15 is 0 Å². The molecule has 2 aromatic heterocycles. The molecule has 0 aliphatic rings. The van der Waals surface area contributed by atoms with Gasteiger partial charge in [-0.15, -0.1) is 5.10 Å². The van der Waals surface area contributed by atoms with Crippen LogP contribution in [0.25, 0.3) is 5.69 Å². The molecule has 0 aliphatic carbocycles. The smallest absolute Gasteiger partial charge is 0.176 e. The Morgan fingerprint density at radius 3 is 2.67 bits per heavy atom. The zero-order chi connectivity index (χ0) is 17.0. The van der Waals surface area contributed by atoms with E-state index in [-0.39, 0.29) is 0 Å². The summed E-state index contributed by atoms with van der Waals surface area (Å²) in [4.78, 5) is 0. The number of rotatable bonds is 7. The fraction of sp³-hybridized carbons (Fsp3) is 0.353. The first-order valence-corrected chi connectivity index (χ1v) is 7.87. The number of ether oxygens (including phenoxy) is 1. The van der Waals surface area contributed by atoms with Crippen LogP contribution < -0.4 is 10.1 Å². The number of hydrogen-bond donors (Lipinski definition) is 1. The van der Waals surface area contributed by atoms with Gasteiger partial charge in [-0.25, -0.2) is 0 Å². The molecule has 0 saturated heterocycles. The Labute approximate surface area is 140 Å². The van der Waals surface area contributed by atoms with Crippen molar-refractivity contribution in [3.63, 3.8) is 0 Å². The third-order valence-corrected chi connectivity index (χ3v) is 4.22. The molecule has 0 spiro atoms. The highest BCUT2D eigenvalue weighted by atomic mass is 16.5. The lowest BCUT2D eigenvalue weighted by Gasteiger charge is -2.28. The molecule has 7 heteroatoms. The van der Waals surface area contributed by atoms with Crippen LogP contribution in [0.5, 0.6) is 5.75 Å². The summed E-state index contributed by atoms with van der Waals surface area (Å²) < 4.78 is 12.3. The minimum atomic E-state index is -0.393. The average Bonchev–Trinajstić information content (AvgIpc) is 3.31. The minimum absolute atomic E-state index is 0.393. The van der Waals surface area contributed by atoms with Crippen molar-refractivity contribution in [2.75, 3.05) is 7.11 Å². The lowest BCUT2D eigenvalue weighted by atomic mass is 9.97. The van der Waals surface area contributed by atoms with E-state index in [0.29, 0.717) is 6.54 Å². The first kappa shape index (κ1) is 16.2. The zero-order valence-corrected chi connectivity index (χ0v) is 14.1. The normalized spacial score (nSPS) is 13.6. The van der Waals surface area contributed by atoms with Crippen LogP contribution in [-0.2, 0) is 12.1 Å². The molecule has 126 valence electrons. The number of methoxy groups -OCH3 is 1. The maximum atomic E-state index is 5.40. The van der Waals surface area contributed by atoms with Gasteiger partial charge in [-0.2, -0.15) is 4.68 Å². The summed E-state index contributed by atoms with van der Waals surface area (Å²) in [6.07, 6.45) is 2.49. The van der Waals surface area contributed by atoms with Crippen LogP contribution in [0.2, 0.25) is 0 Å². The summed E-state index contributed by atoms with van der Waals surface area (Å²) in [6.45, 7) is 4.79. The van der Waals surface area contributed by atoms with Gasteiger partial charge in [0.05, 0.1) is 31.1 Å². The second-order valence-electron chi connectivity index (χ2n) is 5.73. The maximum absolute atomic E-state index is 5.40. The summed E-state index contributed by atoms with van der Waals surface area (Å²) in [7, 11) is 1.64. The van der Waals surface area contributed by atoms with Gasteiger partial charge in [-0.1, -0.05) is 6.92 Å². The van der Waals surface area contributed by atoms with E-state index in [0.717, 1.165) is 29.4 Å². The molecule has 2 heterocycles. The van der Waals surface area contributed by atoms with Crippen molar-refractivity contribution in [3.05, 3.63) is 54.2 Å². The van der Waals surface area contributed by atoms with Crippen molar-refractivity contribution in [1.82, 2.24) is 25.5 Å². The summed E-state index contributed by atoms with van der Waals surface area (Å²) in [5.74, 6) is 2.42. The second-order valence-corrected chi connectivity index (χ2v) is 5.73. The highest BCUT2D eigenvalue weighted by Crippen LogP contribution is 2.25. The van der Waals surface area contributed by atoms with Gasteiger partial charge in [0.1, 0.15) is 11.5 Å². The van der Waals surface area contributed by atoms with Crippen molar-refractivity contribution in [3.8, 4) is 11.4 Å². The van der Waals surface area contributed by atoms with Gasteiger partial charge in [0, 0.05) is 0 Å². The van der Waals surface area contributed by atoms with Gasteiger partial charge < -0.3 is 9.15 Å².